The van der Waals surface area contributed by atoms with Gasteiger partial charge in [0.25, 0.3) is 0 Å². The van der Waals surface area contributed by atoms with Crippen molar-refractivity contribution in [3.05, 3.63) is 29.8 Å². The molecule has 0 aliphatic heterocycles. The van der Waals surface area contributed by atoms with Gasteiger partial charge in [-0.1, -0.05) is 0 Å². The molecule has 0 bridgehead atoms. The Morgan fingerprint density at radius 3 is 2.68 bits per heavy atom. The minimum Gasteiger partial charge on any atom is -0.444 e. The van der Waals surface area contributed by atoms with E-state index in [1.807, 2.05) is 0 Å². The Kier molecular flexibility index (Phi) is 6.27. The van der Waals surface area contributed by atoms with E-state index in [0.717, 1.165) is 0 Å². The predicted octanol–water partition coefficient (Wildman–Crippen LogP) is 2.31. The monoisotopic (exact) mass is 311 g/mol. The van der Waals surface area contributed by atoms with Gasteiger partial charge in [0.2, 0.25) is 5.91 Å². The minimum atomic E-state index is -0.586. The highest BCUT2D eigenvalue weighted by molar-refractivity contribution is 5.77. The van der Waals surface area contributed by atoms with Crippen LogP contribution in [0, 0.1) is 5.82 Å². The highest BCUT2D eigenvalue weighted by atomic mass is 19.1. The number of amides is 2. The van der Waals surface area contributed by atoms with Crippen LogP contribution >= 0.6 is 0 Å². The van der Waals surface area contributed by atoms with E-state index in [4.69, 9.17) is 4.74 Å². The van der Waals surface area contributed by atoms with E-state index in [-0.39, 0.29) is 24.6 Å². The van der Waals surface area contributed by atoms with E-state index >= 15 is 0 Å². The van der Waals surface area contributed by atoms with E-state index in [0.29, 0.717) is 0 Å². The molecule has 1 aromatic rings. The topological polar surface area (TPSA) is 80.3 Å². The Hall–Kier alpha value is -2.18. The molecule has 0 aliphatic carbocycles. The molecule has 1 heterocycles. The number of alkyl carbamates (subject to hydrolysis) is 1. The van der Waals surface area contributed by atoms with Gasteiger partial charge in [0.1, 0.15) is 11.4 Å². The Morgan fingerprint density at radius 1 is 1.41 bits per heavy atom. The van der Waals surface area contributed by atoms with E-state index in [2.05, 4.69) is 15.6 Å². The zero-order valence-corrected chi connectivity index (χ0v) is 13.3. The Morgan fingerprint density at radius 2 is 2.09 bits per heavy atom. The average Bonchev–Trinajstić information content (AvgIpc) is 2.36. The Labute approximate surface area is 129 Å². The molecule has 0 spiro atoms. The van der Waals surface area contributed by atoms with Crippen molar-refractivity contribution in [2.75, 3.05) is 6.54 Å². The first-order chi connectivity index (χ1) is 10.2. The van der Waals surface area contributed by atoms with Gasteiger partial charge in [-0.15, -0.1) is 0 Å². The van der Waals surface area contributed by atoms with Crippen LogP contribution in [0.15, 0.2) is 18.3 Å². The summed E-state index contributed by atoms with van der Waals surface area (Å²) < 4.78 is 18.6. The molecular formula is C15H22FN3O3. The van der Waals surface area contributed by atoms with Crippen LogP contribution in [-0.2, 0) is 9.53 Å². The highest BCUT2D eigenvalue weighted by Crippen LogP contribution is 2.12. The molecule has 7 heteroatoms. The van der Waals surface area contributed by atoms with Gasteiger partial charge in [-0.25, -0.2) is 9.18 Å². The lowest BCUT2D eigenvalue weighted by Gasteiger charge is -2.19. The standard InChI is InChI=1S/C15H22FN3O3/c1-10(13-11(16)6-5-8-17-13)19-12(20)7-9-18-14(21)22-15(2,3)4/h5-6,8,10H,7,9H2,1-4H3,(H,18,21)(H,19,20). The van der Waals surface area contributed by atoms with Gasteiger partial charge in [-0.2, -0.15) is 0 Å². The number of nitrogens with one attached hydrogen (secondary N) is 2. The van der Waals surface area contributed by atoms with Crippen LogP contribution in [0.3, 0.4) is 0 Å². The quantitative estimate of drug-likeness (QED) is 0.874. The second-order valence-corrected chi connectivity index (χ2v) is 5.84. The number of carbonyl (C=O) groups is 2. The number of hydrogen-bond donors (Lipinski definition) is 2. The van der Waals surface area contributed by atoms with Gasteiger partial charge in [0, 0.05) is 19.2 Å². The molecule has 1 rings (SSSR count). The predicted molar refractivity (Wildman–Crippen MR) is 79.6 cm³/mol. The van der Waals surface area contributed by atoms with Crippen LogP contribution < -0.4 is 10.6 Å². The summed E-state index contributed by atoms with van der Waals surface area (Å²) in [5, 5.41) is 5.11. The molecular weight excluding hydrogens is 289 g/mol. The van der Waals surface area contributed by atoms with Gasteiger partial charge in [0.15, 0.2) is 0 Å². The van der Waals surface area contributed by atoms with Crippen molar-refractivity contribution in [1.82, 2.24) is 15.6 Å². The van der Waals surface area contributed by atoms with E-state index in [1.165, 1.54) is 18.3 Å². The van der Waals surface area contributed by atoms with Gasteiger partial charge in [-0.05, 0) is 39.8 Å². The Bertz CT molecular complexity index is 529. The van der Waals surface area contributed by atoms with Crippen LogP contribution in [0.25, 0.3) is 0 Å². The van der Waals surface area contributed by atoms with Gasteiger partial charge in [0.05, 0.1) is 11.7 Å². The molecule has 2 amide bonds. The summed E-state index contributed by atoms with van der Waals surface area (Å²) in [6.45, 7) is 7.04. The van der Waals surface area contributed by atoms with Crippen molar-refractivity contribution in [3.8, 4) is 0 Å². The van der Waals surface area contributed by atoms with Crippen molar-refractivity contribution >= 4 is 12.0 Å². The summed E-state index contributed by atoms with van der Waals surface area (Å²) in [6.07, 6.45) is 0.951. The van der Waals surface area contributed by atoms with E-state index in [1.54, 1.807) is 27.7 Å². The lowest BCUT2D eigenvalue weighted by atomic mass is 10.2. The third kappa shape index (κ3) is 6.51. The van der Waals surface area contributed by atoms with Gasteiger partial charge in [-0.3, -0.25) is 9.78 Å². The molecule has 22 heavy (non-hydrogen) atoms. The van der Waals surface area contributed by atoms with Crippen LogP contribution in [0.5, 0.6) is 0 Å². The number of pyridine rings is 1. The maximum atomic E-state index is 13.5. The molecule has 0 radical (unpaired) electrons. The molecule has 0 aromatic carbocycles. The zero-order valence-electron chi connectivity index (χ0n) is 13.3. The lowest BCUT2D eigenvalue weighted by Crippen LogP contribution is -2.35. The number of rotatable bonds is 5. The number of halogens is 1. The minimum absolute atomic E-state index is 0.0675. The fourth-order valence-corrected chi connectivity index (χ4v) is 1.69. The maximum absolute atomic E-state index is 13.5. The molecule has 0 aliphatic rings. The number of carbonyl (C=O) groups excluding carboxylic acids is 2. The number of ether oxygens (including phenoxy) is 1. The first-order valence-electron chi connectivity index (χ1n) is 7.05. The van der Waals surface area contributed by atoms with Crippen LogP contribution in [0.4, 0.5) is 9.18 Å². The first kappa shape index (κ1) is 17.9. The lowest BCUT2D eigenvalue weighted by molar-refractivity contribution is -0.121. The number of hydrogen-bond acceptors (Lipinski definition) is 4. The van der Waals surface area contributed by atoms with Crippen molar-refractivity contribution < 1.29 is 18.7 Å². The second-order valence-electron chi connectivity index (χ2n) is 5.84. The summed E-state index contributed by atoms with van der Waals surface area (Å²) in [5.74, 6) is -0.782. The molecule has 2 N–H and O–H groups in total. The Balaban J connectivity index is 2.35. The fraction of sp³-hybridized carbons (Fsp3) is 0.533. The summed E-state index contributed by atoms with van der Waals surface area (Å²) >= 11 is 0. The largest absolute Gasteiger partial charge is 0.444 e. The zero-order chi connectivity index (χ0) is 16.8. The van der Waals surface area contributed by atoms with Crippen molar-refractivity contribution in [2.45, 2.75) is 45.8 Å². The normalized spacial score (nSPS) is 12.4. The summed E-state index contributed by atoms with van der Waals surface area (Å²) in [5.41, 5.74) is -0.409. The fourth-order valence-electron chi connectivity index (χ4n) is 1.69. The molecule has 122 valence electrons. The summed E-state index contributed by atoms with van der Waals surface area (Å²) in [7, 11) is 0. The average molecular weight is 311 g/mol. The smallest absolute Gasteiger partial charge is 0.407 e. The third-order valence-corrected chi connectivity index (χ3v) is 2.59. The van der Waals surface area contributed by atoms with E-state index in [9.17, 15) is 14.0 Å². The number of aromatic nitrogens is 1. The molecule has 0 saturated carbocycles. The van der Waals surface area contributed by atoms with E-state index < -0.39 is 23.6 Å². The first-order valence-corrected chi connectivity index (χ1v) is 7.05. The van der Waals surface area contributed by atoms with Crippen molar-refractivity contribution in [3.63, 3.8) is 0 Å². The highest BCUT2D eigenvalue weighted by Gasteiger charge is 2.17. The molecule has 1 aromatic heterocycles. The molecule has 1 atom stereocenters. The molecule has 1 unspecified atom stereocenters. The SMILES string of the molecule is CC(NC(=O)CCNC(=O)OC(C)(C)C)c1ncccc1F. The van der Waals surface area contributed by atoms with Crippen LogP contribution in [0.1, 0.15) is 45.9 Å². The van der Waals surface area contributed by atoms with Crippen LogP contribution in [-0.4, -0.2) is 29.1 Å². The molecule has 0 fully saturated rings. The van der Waals surface area contributed by atoms with Gasteiger partial charge < -0.3 is 15.4 Å². The molecule has 6 nitrogen and oxygen atoms in total. The summed E-state index contributed by atoms with van der Waals surface area (Å²) in [6, 6.07) is 2.22. The maximum Gasteiger partial charge on any atom is 0.407 e. The second kappa shape index (κ2) is 7.72. The summed E-state index contributed by atoms with van der Waals surface area (Å²) in [4.78, 5) is 27.1. The molecule has 0 saturated heterocycles. The third-order valence-electron chi connectivity index (χ3n) is 2.59. The van der Waals surface area contributed by atoms with Crippen LogP contribution in [0.2, 0.25) is 0 Å². The van der Waals surface area contributed by atoms with Crippen molar-refractivity contribution in [1.29, 1.82) is 0 Å². The number of nitrogens with zero attached hydrogens (tertiary/aromatic N) is 1. The van der Waals surface area contributed by atoms with Gasteiger partial charge >= 0.3 is 6.09 Å². The van der Waals surface area contributed by atoms with Crippen molar-refractivity contribution in [2.24, 2.45) is 0 Å².